The van der Waals surface area contributed by atoms with Crippen LogP contribution in [0.3, 0.4) is 0 Å². The van der Waals surface area contributed by atoms with Crippen LogP contribution in [0.5, 0.6) is 0 Å². The Morgan fingerprint density at radius 1 is 1.17 bits per heavy atom. The Kier molecular flexibility index (Phi) is 4.40. The zero-order chi connectivity index (χ0) is 17.5. The van der Waals surface area contributed by atoms with E-state index in [2.05, 4.69) is 11.1 Å². The number of nitrogens with one attached hydrogen (secondary N) is 1. The van der Waals surface area contributed by atoms with Crippen molar-refractivity contribution in [2.45, 2.75) is 20.3 Å². The molecule has 1 saturated heterocycles. The Hall–Kier alpha value is -1.86. The van der Waals surface area contributed by atoms with E-state index in [1.54, 1.807) is 4.90 Å². The molecule has 0 bridgehead atoms. The minimum absolute atomic E-state index is 0.0497. The lowest BCUT2D eigenvalue weighted by molar-refractivity contribution is -0.131. The SMILES string of the molecule is Cc1ccc2[nH]c(C)c(CC(=O)N3CCN(S(C)(=O)=O)CC3)c2c1. The van der Waals surface area contributed by atoms with E-state index in [0.717, 1.165) is 27.7 Å². The van der Waals surface area contributed by atoms with E-state index in [1.807, 2.05) is 26.0 Å². The molecule has 130 valence electrons. The highest BCUT2D eigenvalue weighted by Crippen LogP contribution is 2.24. The molecule has 7 heteroatoms. The molecule has 0 atom stereocenters. The van der Waals surface area contributed by atoms with Gasteiger partial charge in [-0.15, -0.1) is 0 Å². The molecule has 0 radical (unpaired) electrons. The van der Waals surface area contributed by atoms with Gasteiger partial charge in [-0.2, -0.15) is 4.31 Å². The van der Waals surface area contributed by atoms with Crippen LogP contribution in [0.25, 0.3) is 10.9 Å². The minimum Gasteiger partial charge on any atom is -0.358 e. The monoisotopic (exact) mass is 349 g/mol. The molecule has 1 N–H and O–H groups in total. The maximum absolute atomic E-state index is 12.6. The van der Waals surface area contributed by atoms with Crippen molar-refractivity contribution in [3.05, 3.63) is 35.0 Å². The fourth-order valence-electron chi connectivity index (χ4n) is 3.26. The van der Waals surface area contributed by atoms with E-state index in [1.165, 1.54) is 10.6 Å². The number of carbonyl (C=O) groups excluding carboxylic acids is 1. The van der Waals surface area contributed by atoms with E-state index in [-0.39, 0.29) is 5.91 Å². The Morgan fingerprint density at radius 3 is 2.46 bits per heavy atom. The van der Waals surface area contributed by atoms with Crippen LogP contribution < -0.4 is 0 Å². The number of benzene rings is 1. The van der Waals surface area contributed by atoms with Crippen molar-refractivity contribution in [1.82, 2.24) is 14.2 Å². The van der Waals surface area contributed by atoms with Crippen molar-refractivity contribution in [2.24, 2.45) is 0 Å². The Labute approximate surface area is 142 Å². The molecular weight excluding hydrogens is 326 g/mol. The van der Waals surface area contributed by atoms with Crippen LogP contribution in [-0.4, -0.2) is 60.9 Å². The van der Waals surface area contributed by atoms with Gasteiger partial charge in [0.05, 0.1) is 12.7 Å². The maximum atomic E-state index is 12.6. The molecule has 3 rings (SSSR count). The molecule has 6 nitrogen and oxygen atoms in total. The number of aryl methyl sites for hydroxylation is 2. The number of rotatable bonds is 3. The van der Waals surface area contributed by atoms with Crippen molar-refractivity contribution < 1.29 is 13.2 Å². The van der Waals surface area contributed by atoms with E-state index < -0.39 is 10.0 Å². The summed E-state index contributed by atoms with van der Waals surface area (Å²) >= 11 is 0. The number of sulfonamides is 1. The lowest BCUT2D eigenvalue weighted by atomic mass is 10.0. The number of piperazine rings is 1. The molecule has 0 unspecified atom stereocenters. The van der Waals surface area contributed by atoms with Crippen molar-refractivity contribution >= 4 is 26.8 Å². The number of fused-ring (bicyclic) bond motifs is 1. The lowest BCUT2D eigenvalue weighted by Crippen LogP contribution is -2.50. The molecule has 1 fully saturated rings. The summed E-state index contributed by atoms with van der Waals surface area (Å²) in [6, 6.07) is 6.19. The van der Waals surface area contributed by atoms with Crippen LogP contribution in [0.15, 0.2) is 18.2 Å². The number of nitrogens with zero attached hydrogens (tertiary/aromatic N) is 2. The lowest BCUT2D eigenvalue weighted by Gasteiger charge is -2.33. The summed E-state index contributed by atoms with van der Waals surface area (Å²) in [5, 5.41) is 1.09. The van der Waals surface area contributed by atoms with E-state index >= 15 is 0 Å². The number of hydrogen-bond acceptors (Lipinski definition) is 3. The number of amides is 1. The van der Waals surface area contributed by atoms with E-state index in [4.69, 9.17) is 0 Å². The number of H-pyrrole nitrogens is 1. The average Bonchev–Trinajstić information content (AvgIpc) is 2.82. The molecule has 1 aromatic heterocycles. The quantitative estimate of drug-likeness (QED) is 0.911. The molecule has 1 amide bonds. The Morgan fingerprint density at radius 2 is 1.83 bits per heavy atom. The summed E-state index contributed by atoms with van der Waals surface area (Å²) in [5.74, 6) is 0.0497. The van der Waals surface area contributed by atoms with Crippen molar-refractivity contribution in [2.75, 3.05) is 32.4 Å². The molecule has 24 heavy (non-hydrogen) atoms. The summed E-state index contributed by atoms with van der Waals surface area (Å²) in [5.41, 5.74) is 4.25. The average molecular weight is 349 g/mol. The fourth-order valence-corrected chi connectivity index (χ4v) is 4.08. The molecule has 2 heterocycles. The van der Waals surface area contributed by atoms with Gasteiger partial charge < -0.3 is 9.88 Å². The number of carbonyl (C=O) groups is 1. The minimum atomic E-state index is -3.17. The van der Waals surface area contributed by atoms with Gasteiger partial charge in [0.2, 0.25) is 15.9 Å². The summed E-state index contributed by atoms with van der Waals surface area (Å²) in [4.78, 5) is 17.7. The summed E-state index contributed by atoms with van der Waals surface area (Å²) in [6.07, 6.45) is 1.55. The molecule has 0 spiro atoms. The van der Waals surface area contributed by atoms with Gasteiger partial charge in [-0.25, -0.2) is 8.42 Å². The first-order valence-corrected chi connectivity index (χ1v) is 9.91. The van der Waals surface area contributed by atoms with Gasteiger partial charge in [0, 0.05) is 42.8 Å². The number of aromatic amines is 1. The van der Waals surface area contributed by atoms with E-state index in [0.29, 0.717) is 32.6 Å². The van der Waals surface area contributed by atoms with Crippen LogP contribution in [0.4, 0.5) is 0 Å². The Balaban J connectivity index is 1.74. The zero-order valence-corrected chi connectivity index (χ0v) is 15.1. The predicted octanol–water partition coefficient (Wildman–Crippen LogP) is 1.43. The number of hydrogen-bond donors (Lipinski definition) is 1. The maximum Gasteiger partial charge on any atom is 0.227 e. The highest BCUT2D eigenvalue weighted by molar-refractivity contribution is 7.88. The van der Waals surface area contributed by atoms with E-state index in [9.17, 15) is 13.2 Å². The second-order valence-corrected chi connectivity index (χ2v) is 8.48. The summed E-state index contributed by atoms with van der Waals surface area (Å²) in [6.45, 7) is 5.67. The van der Waals surface area contributed by atoms with Crippen LogP contribution >= 0.6 is 0 Å². The second-order valence-electron chi connectivity index (χ2n) is 6.50. The standard InChI is InChI=1S/C17H23N3O3S/c1-12-4-5-16-15(10-12)14(13(2)18-16)11-17(21)19-6-8-20(9-7-19)24(3,22)23/h4-5,10,18H,6-9,11H2,1-3H3. The van der Waals surface area contributed by atoms with Crippen LogP contribution in [0.2, 0.25) is 0 Å². The molecule has 1 aliphatic rings. The zero-order valence-electron chi connectivity index (χ0n) is 14.3. The summed E-state index contributed by atoms with van der Waals surface area (Å²) < 4.78 is 24.5. The van der Waals surface area contributed by atoms with Crippen molar-refractivity contribution in [3.63, 3.8) is 0 Å². The molecule has 1 aliphatic heterocycles. The Bertz CT molecular complexity index is 878. The van der Waals surface area contributed by atoms with Crippen molar-refractivity contribution in [1.29, 1.82) is 0 Å². The van der Waals surface area contributed by atoms with Gasteiger partial charge >= 0.3 is 0 Å². The van der Waals surface area contributed by atoms with Crippen LogP contribution in [0, 0.1) is 13.8 Å². The van der Waals surface area contributed by atoms with Gasteiger partial charge in [-0.1, -0.05) is 11.6 Å². The first-order chi connectivity index (χ1) is 11.3. The molecule has 0 saturated carbocycles. The normalized spacial score (nSPS) is 16.7. The van der Waals surface area contributed by atoms with Gasteiger partial charge in [0.15, 0.2) is 0 Å². The highest BCUT2D eigenvalue weighted by Gasteiger charge is 2.26. The molecule has 1 aromatic carbocycles. The fraction of sp³-hybridized carbons (Fsp3) is 0.471. The highest BCUT2D eigenvalue weighted by atomic mass is 32.2. The van der Waals surface area contributed by atoms with Gasteiger partial charge in [0.1, 0.15) is 0 Å². The molecule has 2 aromatic rings. The summed E-state index contributed by atoms with van der Waals surface area (Å²) in [7, 11) is -3.17. The first-order valence-electron chi connectivity index (χ1n) is 8.06. The van der Waals surface area contributed by atoms with Gasteiger partial charge in [-0.3, -0.25) is 4.79 Å². The smallest absolute Gasteiger partial charge is 0.227 e. The van der Waals surface area contributed by atoms with Crippen LogP contribution in [0.1, 0.15) is 16.8 Å². The first kappa shape index (κ1) is 17.0. The molecular formula is C17H23N3O3S. The topological polar surface area (TPSA) is 73.5 Å². The third-order valence-electron chi connectivity index (χ3n) is 4.66. The van der Waals surface area contributed by atoms with Crippen LogP contribution in [-0.2, 0) is 21.2 Å². The second kappa shape index (κ2) is 6.22. The predicted molar refractivity (Wildman–Crippen MR) is 94.5 cm³/mol. The van der Waals surface area contributed by atoms with Crippen molar-refractivity contribution in [3.8, 4) is 0 Å². The van der Waals surface area contributed by atoms with Gasteiger partial charge in [0.25, 0.3) is 0 Å². The van der Waals surface area contributed by atoms with Gasteiger partial charge in [-0.05, 0) is 31.5 Å². The largest absolute Gasteiger partial charge is 0.358 e. The number of aromatic nitrogens is 1. The third kappa shape index (κ3) is 3.32. The third-order valence-corrected chi connectivity index (χ3v) is 5.97. The molecule has 0 aliphatic carbocycles.